The third-order valence-electron chi connectivity index (χ3n) is 4.83. The lowest BCUT2D eigenvalue weighted by Crippen LogP contribution is -2.17. The second kappa shape index (κ2) is 7.75. The van der Waals surface area contributed by atoms with E-state index in [0.717, 1.165) is 17.0 Å². The third kappa shape index (κ3) is 4.59. The fourth-order valence-electron chi connectivity index (χ4n) is 3.52. The van der Waals surface area contributed by atoms with Crippen molar-refractivity contribution in [2.45, 2.75) is 39.7 Å². The highest BCUT2D eigenvalue weighted by molar-refractivity contribution is 7.91. The molecule has 9 heteroatoms. The molecule has 1 atom stereocenters. The Morgan fingerprint density at radius 3 is 2.50 bits per heavy atom. The second-order valence-electron chi connectivity index (χ2n) is 7.14. The van der Waals surface area contributed by atoms with Gasteiger partial charge in [0.05, 0.1) is 29.7 Å². The summed E-state index contributed by atoms with van der Waals surface area (Å²) in [6.45, 7) is 5.11. The minimum absolute atomic E-state index is 0.0938. The van der Waals surface area contributed by atoms with E-state index in [0.29, 0.717) is 17.8 Å². The second-order valence-corrected chi connectivity index (χ2v) is 9.37. The lowest BCUT2D eigenvalue weighted by molar-refractivity contribution is -0.116. The highest BCUT2D eigenvalue weighted by atomic mass is 32.2. The maximum Gasteiger partial charge on any atom is 0.228 e. The molecule has 3 rings (SSSR count). The molecule has 1 fully saturated rings. The van der Waals surface area contributed by atoms with Crippen LogP contribution in [0.2, 0.25) is 0 Å². The number of aryl methyl sites for hydroxylation is 1. The molecule has 28 heavy (non-hydrogen) atoms. The molecule has 0 bridgehead atoms. The third-order valence-corrected chi connectivity index (χ3v) is 6.58. The zero-order chi connectivity index (χ0) is 20.5. The van der Waals surface area contributed by atoms with Crippen LogP contribution in [0.1, 0.15) is 36.3 Å². The molecular weight excluding hydrogens is 380 g/mol. The number of hydrogen-bond acceptors (Lipinski definition) is 5. The smallest absolute Gasteiger partial charge is 0.228 e. The van der Waals surface area contributed by atoms with Gasteiger partial charge in [0.25, 0.3) is 0 Å². The van der Waals surface area contributed by atoms with E-state index >= 15 is 0 Å². The number of amides is 2. The number of benzene rings is 1. The minimum atomic E-state index is -3.01. The highest BCUT2D eigenvalue weighted by Crippen LogP contribution is 2.27. The Morgan fingerprint density at radius 1 is 1.21 bits per heavy atom. The van der Waals surface area contributed by atoms with Crippen LogP contribution >= 0.6 is 0 Å². The summed E-state index contributed by atoms with van der Waals surface area (Å²) in [6.07, 6.45) is 0.688. The van der Waals surface area contributed by atoms with E-state index in [2.05, 4.69) is 15.7 Å². The Labute approximate surface area is 164 Å². The van der Waals surface area contributed by atoms with Crippen LogP contribution in [0.4, 0.5) is 11.4 Å². The van der Waals surface area contributed by atoms with Crippen LogP contribution < -0.4 is 10.6 Å². The Bertz CT molecular complexity index is 1030. The molecule has 1 saturated heterocycles. The number of nitrogens with one attached hydrogen (secondary N) is 2. The number of sulfone groups is 1. The van der Waals surface area contributed by atoms with E-state index in [4.69, 9.17) is 0 Å². The van der Waals surface area contributed by atoms with Crippen LogP contribution in [0, 0.1) is 13.8 Å². The fraction of sp³-hybridized carbons (Fsp3) is 0.421. The van der Waals surface area contributed by atoms with Crippen molar-refractivity contribution in [1.82, 2.24) is 9.78 Å². The first-order valence-corrected chi connectivity index (χ1v) is 10.9. The van der Waals surface area contributed by atoms with E-state index in [9.17, 15) is 18.0 Å². The normalized spacial score (nSPS) is 18.0. The monoisotopic (exact) mass is 404 g/mol. The van der Waals surface area contributed by atoms with E-state index in [1.54, 1.807) is 28.9 Å². The van der Waals surface area contributed by atoms with Crippen LogP contribution in [0.15, 0.2) is 24.3 Å². The van der Waals surface area contributed by atoms with E-state index in [1.807, 2.05) is 13.8 Å². The zero-order valence-corrected chi connectivity index (χ0v) is 17.0. The maximum atomic E-state index is 12.5. The van der Waals surface area contributed by atoms with Gasteiger partial charge < -0.3 is 10.6 Å². The molecule has 2 aromatic rings. The van der Waals surface area contributed by atoms with Crippen molar-refractivity contribution in [3.05, 3.63) is 41.2 Å². The molecule has 0 aliphatic carbocycles. The molecule has 150 valence electrons. The first kappa shape index (κ1) is 20.1. The molecular formula is C19H24N4O4S. The van der Waals surface area contributed by atoms with E-state index in [-0.39, 0.29) is 35.8 Å². The van der Waals surface area contributed by atoms with Crippen LogP contribution in [-0.2, 0) is 25.8 Å². The molecule has 1 aliphatic heterocycles. The average Bonchev–Trinajstić information content (AvgIpc) is 3.08. The summed E-state index contributed by atoms with van der Waals surface area (Å²) in [4.78, 5) is 23.7. The number of aromatic nitrogens is 2. The molecule has 2 heterocycles. The van der Waals surface area contributed by atoms with Crippen LogP contribution in [0.25, 0.3) is 0 Å². The van der Waals surface area contributed by atoms with Crippen molar-refractivity contribution < 1.29 is 18.0 Å². The molecule has 1 unspecified atom stereocenters. The standard InChI is InChI=1S/C19H24N4O4S/c1-12-18(13(2)23(22-12)17-7-8-28(26,27)11-17)10-19(25)21-16-6-4-5-15(9-16)20-14(3)24/h4-6,9,17H,7-8,10-11H2,1-3H3,(H,20,24)(H,21,25). The van der Waals surface area contributed by atoms with Crippen LogP contribution in [-0.4, -0.2) is 41.5 Å². The van der Waals surface area contributed by atoms with Gasteiger partial charge in [-0.1, -0.05) is 6.07 Å². The lowest BCUT2D eigenvalue weighted by atomic mass is 10.1. The molecule has 0 radical (unpaired) electrons. The number of hydrogen-bond donors (Lipinski definition) is 2. The van der Waals surface area contributed by atoms with Crippen molar-refractivity contribution >= 4 is 33.0 Å². The van der Waals surface area contributed by atoms with Gasteiger partial charge in [0.2, 0.25) is 11.8 Å². The first-order valence-electron chi connectivity index (χ1n) is 9.07. The molecule has 2 N–H and O–H groups in total. The Balaban J connectivity index is 1.72. The Kier molecular flexibility index (Phi) is 5.55. The molecule has 1 aromatic carbocycles. The van der Waals surface area contributed by atoms with Gasteiger partial charge in [-0.15, -0.1) is 0 Å². The van der Waals surface area contributed by atoms with Gasteiger partial charge in [0, 0.05) is 29.6 Å². The maximum absolute atomic E-state index is 12.5. The number of rotatable bonds is 5. The van der Waals surface area contributed by atoms with E-state index in [1.165, 1.54) is 6.92 Å². The quantitative estimate of drug-likeness (QED) is 0.792. The summed E-state index contributed by atoms with van der Waals surface area (Å²) in [6, 6.07) is 6.75. The van der Waals surface area contributed by atoms with Gasteiger partial charge in [0.15, 0.2) is 9.84 Å². The van der Waals surface area contributed by atoms with Gasteiger partial charge in [-0.3, -0.25) is 14.3 Å². The Hall–Kier alpha value is -2.68. The lowest BCUT2D eigenvalue weighted by Gasteiger charge is -2.12. The van der Waals surface area contributed by atoms with Gasteiger partial charge in [-0.2, -0.15) is 5.10 Å². The molecule has 1 aliphatic rings. The first-order chi connectivity index (χ1) is 13.1. The van der Waals surface area contributed by atoms with Crippen LogP contribution in [0.5, 0.6) is 0 Å². The van der Waals surface area contributed by atoms with Gasteiger partial charge in [-0.05, 0) is 38.5 Å². The SMILES string of the molecule is CC(=O)Nc1cccc(NC(=O)Cc2c(C)nn(C3CCS(=O)(=O)C3)c2C)c1. The number of carbonyl (C=O) groups is 2. The highest BCUT2D eigenvalue weighted by Gasteiger charge is 2.31. The van der Waals surface area contributed by atoms with Crippen LogP contribution in [0.3, 0.4) is 0 Å². The van der Waals surface area contributed by atoms with Crippen molar-refractivity contribution in [3.8, 4) is 0 Å². The van der Waals surface area contributed by atoms with Crippen molar-refractivity contribution in [2.75, 3.05) is 22.1 Å². The summed E-state index contributed by atoms with van der Waals surface area (Å²) in [5.74, 6) is -0.117. The predicted molar refractivity (Wildman–Crippen MR) is 107 cm³/mol. The predicted octanol–water partition coefficient (Wildman–Crippen LogP) is 2.00. The topological polar surface area (TPSA) is 110 Å². The van der Waals surface area contributed by atoms with E-state index < -0.39 is 9.84 Å². The average molecular weight is 404 g/mol. The van der Waals surface area contributed by atoms with Crippen molar-refractivity contribution in [3.63, 3.8) is 0 Å². The summed E-state index contributed by atoms with van der Waals surface area (Å²) < 4.78 is 25.3. The minimum Gasteiger partial charge on any atom is -0.326 e. The van der Waals surface area contributed by atoms with Gasteiger partial charge in [-0.25, -0.2) is 8.42 Å². The molecule has 0 saturated carbocycles. The number of nitrogens with zero attached hydrogens (tertiary/aromatic N) is 2. The largest absolute Gasteiger partial charge is 0.326 e. The Morgan fingerprint density at radius 2 is 1.89 bits per heavy atom. The molecule has 0 spiro atoms. The summed E-state index contributed by atoms with van der Waals surface area (Å²) in [7, 11) is -3.01. The van der Waals surface area contributed by atoms with Gasteiger partial charge >= 0.3 is 0 Å². The summed E-state index contributed by atoms with van der Waals surface area (Å²) >= 11 is 0. The number of carbonyl (C=O) groups excluding carboxylic acids is 2. The van der Waals surface area contributed by atoms with Gasteiger partial charge in [0.1, 0.15) is 0 Å². The summed E-state index contributed by atoms with van der Waals surface area (Å²) in [5, 5.41) is 9.99. The fourth-order valence-corrected chi connectivity index (χ4v) is 5.21. The molecule has 1 aromatic heterocycles. The molecule has 8 nitrogen and oxygen atoms in total. The number of anilines is 2. The summed E-state index contributed by atoms with van der Waals surface area (Å²) in [5.41, 5.74) is 3.54. The zero-order valence-electron chi connectivity index (χ0n) is 16.2. The van der Waals surface area contributed by atoms with Crippen molar-refractivity contribution in [1.29, 1.82) is 0 Å². The molecule has 2 amide bonds. The van der Waals surface area contributed by atoms with Crippen molar-refractivity contribution in [2.24, 2.45) is 0 Å².